The molecule has 1 heterocycles. The van der Waals surface area contributed by atoms with E-state index < -0.39 is 0 Å². The molecule has 14 heavy (non-hydrogen) atoms. The molecule has 3 aliphatic rings. The molecule has 0 radical (unpaired) electrons. The molecule has 1 saturated heterocycles. The van der Waals surface area contributed by atoms with Crippen LogP contribution in [0.15, 0.2) is 0 Å². The topological polar surface area (TPSA) is 21.3 Å². The summed E-state index contributed by atoms with van der Waals surface area (Å²) in [4.78, 5) is 0. The quantitative estimate of drug-likeness (QED) is 0.641. The summed E-state index contributed by atoms with van der Waals surface area (Å²) < 4.78 is 6.14. The Bertz CT molecular complexity index is 228. The van der Waals surface area contributed by atoms with Gasteiger partial charge in [-0.2, -0.15) is 0 Å². The molecule has 2 heteroatoms. The maximum Gasteiger partial charge on any atom is 0.119 e. The minimum atomic E-state index is 0.0749. The molecule has 2 saturated carbocycles. The first-order valence-electron chi connectivity index (χ1n) is 6.17. The molecular weight excluding hydrogens is 174 g/mol. The van der Waals surface area contributed by atoms with E-state index in [9.17, 15) is 0 Å². The van der Waals surface area contributed by atoms with Crippen molar-refractivity contribution in [2.75, 3.05) is 6.61 Å². The Labute approximate surface area is 86.4 Å². The van der Waals surface area contributed by atoms with E-state index >= 15 is 0 Å². The fraction of sp³-hybridized carbons (Fsp3) is 1.00. The third-order valence-electron chi connectivity index (χ3n) is 4.59. The molecule has 0 aromatic heterocycles. The fourth-order valence-electron chi connectivity index (χ4n) is 3.15. The van der Waals surface area contributed by atoms with E-state index in [1.54, 1.807) is 0 Å². The Morgan fingerprint density at radius 1 is 1.07 bits per heavy atom. The largest absolute Gasteiger partial charge is 0.360 e. The van der Waals surface area contributed by atoms with Crippen LogP contribution in [0, 0.1) is 5.41 Å². The van der Waals surface area contributed by atoms with E-state index in [0.29, 0.717) is 11.5 Å². The van der Waals surface area contributed by atoms with Crippen molar-refractivity contribution in [1.82, 2.24) is 5.32 Å². The number of ether oxygens (including phenoxy) is 1. The molecule has 1 N–H and O–H groups in total. The van der Waals surface area contributed by atoms with Crippen LogP contribution >= 0.6 is 0 Å². The van der Waals surface area contributed by atoms with Gasteiger partial charge in [-0.15, -0.1) is 0 Å². The molecule has 2 spiro atoms. The summed E-state index contributed by atoms with van der Waals surface area (Å²) in [5.41, 5.74) is 0.605. The lowest BCUT2D eigenvalue weighted by molar-refractivity contribution is -0.155. The van der Waals surface area contributed by atoms with Crippen molar-refractivity contribution < 1.29 is 4.74 Å². The zero-order valence-electron chi connectivity index (χ0n) is 9.14. The minimum absolute atomic E-state index is 0.0749. The lowest BCUT2D eigenvalue weighted by Crippen LogP contribution is -2.60. The van der Waals surface area contributed by atoms with Crippen LogP contribution in [0.2, 0.25) is 0 Å². The summed E-state index contributed by atoms with van der Waals surface area (Å²) in [5, 5.41) is 3.76. The smallest absolute Gasteiger partial charge is 0.119 e. The molecule has 0 aromatic carbocycles. The average molecular weight is 195 g/mol. The molecule has 2 nitrogen and oxygen atoms in total. The normalized spacial score (nSPS) is 38.8. The third-order valence-corrected chi connectivity index (χ3v) is 4.59. The molecule has 1 aliphatic heterocycles. The van der Waals surface area contributed by atoms with Crippen molar-refractivity contribution >= 4 is 0 Å². The second kappa shape index (κ2) is 2.96. The van der Waals surface area contributed by atoms with Crippen LogP contribution < -0.4 is 5.32 Å². The standard InChI is InChI=1S/C12H21NO/c1-10-11(7-8-11)9-14-12(13-10)5-3-2-4-6-12/h10,13H,2-9H2,1H3. The second-order valence-corrected chi connectivity index (χ2v) is 5.57. The predicted octanol–water partition coefficient (Wildman–Crippen LogP) is 2.44. The summed E-state index contributed by atoms with van der Waals surface area (Å²) in [5.74, 6) is 0. The van der Waals surface area contributed by atoms with Gasteiger partial charge in [-0.3, -0.25) is 5.32 Å². The lowest BCUT2D eigenvalue weighted by Gasteiger charge is -2.47. The summed E-state index contributed by atoms with van der Waals surface area (Å²) in [6.45, 7) is 3.37. The summed E-state index contributed by atoms with van der Waals surface area (Å²) >= 11 is 0. The van der Waals surface area contributed by atoms with E-state index in [4.69, 9.17) is 4.74 Å². The van der Waals surface area contributed by atoms with Crippen molar-refractivity contribution in [2.45, 2.75) is 63.6 Å². The Morgan fingerprint density at radius 2 is 1.79 bits per heavy atom. The van der Waals surface area contributed by atoms with Gasteiger partial charge in [0.15, 0.2) is 0 Å². The van der Waals surface area contributed by atoms with Gasteiger partial charge in [0.1, 0.15) is 5.72 Å². The van der Waals surface area contributed by atoms with Crippen LogP contribution in [0.1, 0.15) is 51.9 Å². The van der Waals surface area contributed by atoms with Crippen LogP contribution in [0.4, 0.5) is 0 Å². The highest BCUT2D eigenvalue weighted by Crippen LogP contribution is 2.53. The second-order valence-electron chi connectivity index (χ2n) is 5.57. The highest BCUT2D eigenvalue weighted by molar-refractivity contribution is 5.06. The van der Waals surface area contributed by atoms with Crippen LogP contribution in [0.3, 0.4) is 0 Å². The molecule has 0 bridgehead atoms. The molecule has 1 unspecified atom stereocenters. The lowest BCUT2D eigenvalue weighted by atomic mass is 9.86. The van der Waals surface area contributed by atoms with Gasteiger partial charge in [-0.25, -0.2) is 0 Å². The molecule has 2 aliphatic carbocycles. The van der Waals surface area contributed by atoms with E-state index in [1.807, 2.05) is 0 Å². The molecule has 0 aromatic rings. The highest BCUT2D eigenvalue weighted by atomic mass is 16.5. The Morgan fingerprint density at radius 3 is 2.36 bits per heavy atom. The first-order chi connectivity index (χ1) is 6.75. The summed E-state index contributed by atoms with van der Waals surface area (Å²) in [6.07, 6.45) is 9.28. The van der Waals surface area contributed by atoms with Gasteiger partial charge < -0.3 is 4.74 Å². The van der Waals surface area contributed by atoms with Gasteiger partial charge in [-0.05, 0) is 45.4 Å². The predicted molar refractivity (Wildman–Crippen MR) is 56.0 cm³/mol. The molecule has 3 fully saturated rings. The van der Waals surface area contributed by atoms with Crippen molar-refractivity contribution in [1.29, 1.82) is 0 Å². The van der Waals surface area contributed by atoms with E-state index in [2.05, 4.69) is 12.2 Å². The van der Waals surface area contributed by atoms with Gasteiger partial charge in [0.25, 0.3) is 0 Å². The number of rotatable bonds is 0. The Kier molecular flexibility index (Phi) is 1.94. The maximum atomic E-state index is 6.14. The summed E-state index contributed by atoms with van der Waals surface area (Å²) in [7, 11) is 0. The van der Waals surface area contributed by atoms with Crippen molar-refractivity contribution in [3.05, 3.63) is 0 Å². The molecular formula is C12H21NO. The Hall–Kier alpha value is -0.0800. The van der Waals surface area contributed by atoms with Crippen LogP contribution in [-0.4, -0.2) is 18.4 Å². The SMILES string of the molecule is CC1NC2(CCCCC2)OCC12CC2. The van der Waals surface area contributed by atoms with Gasteiger partial charge >= 0.3 is 0 Å². The van der Waals surface area contributed by atoms with Crippen molar-refractivity contribution in [3.8, 4) is 0 Å². The number of nitrogens with one attached hydrogen (secondary N) is 1. The first kappa shape index (κ1) is 9.17. The average Bonchev–Trinajstić information content (AvgIpc) is 2.96. The van der Waals surface area contributed by atoms with E-state index in [0.717, 1.165) is 6.61 Å². The maximum absolute atomic E-state index is 6.14. The van der Waals surface area contributed by atoms with Crippen LogP contribution in [0.25, 0.3) is 0 Å². The molecule has 3 rings (SSSR count). The highest BCUT2D eigenvalue weighted by Gasteiger charge is 2.54. The summed E-state index contributed by atoms with van der Waals surface area (Å²) in [6, 6.07) is 0.675. The Balaban J connectivity index is 1.71. The minimum Gasteiger partial charge on any atom is -0.360 e. The molecule has 0 amide bonds. The fourth-order valence-corrected chi connectivity index (χ4v) is 3.15. The molecule has 80 valence electrons. The van der Waals surface area contributed by atoms with Gasteiger partial charge in [0.05, 0.1) is 6.61 Å². The zero-order chi connectivity index (χ0) is 9.65. The van der Waals surface area contributed by atoms with Crippen molar-refractivity contribution in [2.24, 2.45) is 5.41 Å². The monoisotopic (exact) mass is 195 g/mol. The van der Waals surface area contributed by atoms with Gasteiger partial charge in [0.2, 0.25) is 0 Å². The first-order valence-corrected chi connectivity index (χ1v) is 6.17. The van der Waals surface area contributed by atoms with Crippen molar-refractivity contribution in [3.63, 3.8) is 0 Å². The van der Waals surface area contributed by atoms with E-state index in [-0.39, 0.29) is 5.72 Å². The molecule has 1 atom stereocenters. The number of hydrogen-bond acceptors (Lipinski definition) is 2. The van der Waals surface area contributed by atoms with Gasteiger partial charge in [-0.1, -0.05) is 6.42 Å². The zero-order valence-corrected chi connectivity index (χ0v) is 9.14. The van der Waals surface area contributed by atoms with E-state index in [1.165, 1.54) is 44.9 Å². The third kappa shape index (κ3) is 1.31. The van der Waals surface area contributed by atoms with Crippen LogP contribution in [-0.2, 0) is 4.74 Å². The van der Waals surface area contributed by atoms with Gasteiger partial charge in [0, 0.05) is 11.5 Å². The number of hydrogen-bond donors (Lipinski definition) is 1. The van der Waals surface area contributed by atoms with Crippen LogP contribution in [0.5, 0.6) is 0 Å².